The molecule has 2 aliphatic rings. The number of hydrogen-bond acceptors (Lipinski definition) is 7. The van der Waals surface area contributed by atoms with Crippen LogP contribution >= 0.6 is 11.8 Å². The lowest BCUT2D eigenvalue weighted by Crippen LogP contribution is -2.56. The molecule has 1 N–H and O–H groups in total. The number of nitrogens with zero attached hydrogens (tertiary/aromatic N) is 2. The number of hydrogen-bond donors (Lipinski definition) is 1. The Morgan fingerprint density at radius 3 is 2.32 bits per heavy atom. The average Bonchev–Trinajstić information content (AvgIpc) is 3.32. The third kappa shape index (κ3) is 3.86. The van der Waals surface area contributed by atoms with Crippen LogP contribution in [0, 0.1) is 17.7 Å². The molecule has 7 nitrogen and oxygen atoms in total. The van der Waals surface area contributed by atoms with Crippen LogP contribution in [0.15, 0.2) is 48.5 Å². The minimum absolute atomic E-state index is 0.288. The topological polar surface area (TPSA) is 79.0 Å². The first-order valence-corrected chi connectivity index (χ1v) is 12.4. The highest BCUT2D eigenvalue weighted by atomic mass is 32.2. The smallest absolute Gasteiger partial charge is 0.326 e. The van der Waals surface area contributed by atoms with E-state index in [4.69, 9.17) is 4.74 Å². The summed E-state index contributed by atoms with van der Waals surface area (Å²) in [6.45, 7) is 0. The summed E-state index contributed by atoms with van der Waals surface area (Å²) in [5.74, 6) is -3.07. The van der Waals surface area contributed by atoms with Crippen LogP contribution in [0.3, 0.4) is 0 Å². The third-order valence-electron chi connectivity index (χ3n) is 6.76. The number of carbonyl (C=O) groups is 3. The van der Waals surface area contributed by atoms with Crippen molar-refractivity contribution in [3.8, 4) is 0 Å². The van der Waals surface area contributed by atoms with E-state index in [1.54, 1.807) is 11.8 Å². The maximum absolute atomic E-state index is 13.8. The fourth-order valence-electron chi connectivity index (χ4n) is 5.08. The Balaban J connectivity index is 1.83. The fraction of sp³-hybridized carbons (Fsp3) is 0.400. The van der Waals surface area contributed by atoms with Crippen molar-refractivity contribution >= 4 is 40.9 Å². The molecule has 2 aliphatic heterocycles. The molecule has 180 valence electrons. The highest BCUT2D eigenvalue weighted by Gasteiger charge is 2.68. The molecule has 0 aromatic heterocycles. The molecule has 2 heterocycles. The van der Waals surface area contributed by atoms with Crippen molar-refractivity contribution in [2.45, 2.75) is 18.0 Å². The minimum Gasteiger partial charge on any atom is -0.468 e. The maximum Gasteiger partial charge on any atom is 0.326 e. The summed E-state index contributed by atoms with van der Waals surface area (Å²) < 4.78 is 18.7. The Kier molecular flexibility index (Phi) is 6.69. The second kappa shape index (κ2) is 9.38. The summed E-state index contributed by atoms with van der Waals surface area (Å²) in [4.78, 5) is 43.7. The van der Waals surface area contributed by atoms with Crippen LogP contribution in [-0.2, 0) is 19.1 Å². The number of rotatable bonds is 7. The Labute approximate surface area is 202 Å². The Morgan fingerprint density at radius 1 is 1.12 bits per heavy atom. The molecule has 2 amide bonds. The van der Waals surface area contributed by atoms with Crippen molar-refractivity contribution in [3.63, 3.8) is 0 Å². The van der Waals surface area contributed by atoms with Gasteiger partial charge in [0, 0.05) is 25.8 Å². The zero-order valence-corrected chi connectivity index (χ0v) is 20.4. The lowest BCUT2D eigenvalue weighted by atomic mass is 9.78. The highest BCUT2D eigenvalue weighted by molar-refractivity contribution is 7.98. The molecule has 34 heavy (non-hydrogen) atoms. The monoisotopic (exact) mass is 485 g/mol. The van der Waals surface area contributed by atoms with E-state index in [1.165, 1.54) is 31.4 Å². The standard InChI is InChI=1S/C25H28FN3O4S/c1-28(2)17-9-5-15(6-10-17)21-19-20(25(27-21,13-14-34-4)24(32)33-3)23(31)29(22(19)30)18-11-7-16(26)8-12-18/h5-12,19-21,27H,13-14H2,1-4H3/t19-,20+,21+,25+/m1/s1. The molecule has 2 fully saturated rings. The fourth-order valence-corrected chi connectivity index (χ4v) is 5.60. The molecular weight excluding hydrogens is 457 g/mol. The number of nitrogens with one attached hydrogen (secondary N) is 1. The van der Waals surface area contributed by atoms with Gasteiger partial charge in [-0.15, -0.1) is 0 Å². The summed E-state index contributed by atoms with van der Waals surface area (Å²) in [5, 5.41) is 3.37. The number of benzene rings is 2. The quantitative estimate of drug-likeness (QED) is 0.477. The van der Waals surface area contributed by atoms with Gasteiger partial charge in [0.05, 0.1) is 24.6 Å². The van der Waals surface area contributed by atoms with Crippen molar-refractivity contribution in [2.75, 3.05) is 43.0 Å². The van der Waals surface area contributed by atoms with Crippen LogP contribution < -0.4 is 15.1 Å². The van der Waals surface area contributed by atoms with Crippen LogP contribution in [-0.4, -0.2) is 56.5 Å². The SMILES string of the molecule is COC(=O)[C@@]1(CCSC)N[C@@H](c2ccc(N(C)C)cc2)[C@@H]2C(=O)N(c3ccc(F)cc3)C(=O)[C@H]21. The lowest BCUT2D eigenvalue weighted by Gasteiger charge is -2.32. The van der Waals surface area contributed by atoms with E-state index in [9.17, 15) is 18.8 Å². The number of imide groups is 1. The van der Waals surface area contributed by atoms with Crippen molar-refractivity contribution in [2.24, 2.45) is 11.8 Å². The molecule has 0 bridgehead atoms. The number of carbonyl (C=O) groups excluding carboxylic acids is 3. The number of fused-ring (bicyclic) bond motifs is 1. The van der Waals surface area contributed by atoms with E-state index in [0.717, 1.165) is 16.2 Å². The molecule has 9 heteroatoms. The summed E-state index contributed by atoms with van der Waals surface area (Å²) in [7, 11) is 5.16. The zero-order chi connectivity index (χ0) is 24.6. The Bertz CT molecular complexity index is 1090. The number of thioether (sulfide) groups is 1. The maximum atomic E-state index is 13.8. The molecule has 2 aromatic rings. The average molecular weight is 486 g/mol. The summed E-state index contributed by atoms with van der Waals surface area (Å²) in [6, 6.07) is 12.3. The van der Waals surface area contributed by atoms with Crippen molar-refractivity contribution in [3.05, 3.63) is 59.9 Å². The summed E-state index contributed by atoms with van der Waals surface area (Å²) in [6.07, 6.45) is 2.24. The molecule has 0 saturated carbocycles. The first-order valence-electron chi connectivity index (χ1n) is 11.0. The van der Waals surface area contributed by atoms with Gasteiger partial charge in [0.2, 0.25) is 11.8 Å². The number of anilines is 2. The molecule has 0 unspecified atom stereocenters. The van der Waals surface area contributed by atoms with Gasteiger partial charge in [-0.2, -0.15) is 11.8 Å². The molecule has 0 radical (unpaired) electrons. The molecule has 4 atom stereocenters. The predicted octanol–water partition coefficient (Wildman–Crippen LogP) is 3.01. The van der Waals surface area contributed by atoms with E-state index in [0.29, 0.717) is 12.2 Å². The number of halogens is 1. The lowest BCUT2D eigenvalue weighted by molar-refractivity contribution is -0.152. The Morgan fingerprint density at radius 2 is 1.76 bits per heavy atom. The molecule has 0 spiro atoms. The number of methoxy groups -OCH3 is 1. The molecule has 4 rings (SSSR count). The molecule has 2 aromatic carbocycles. The molecule has 0 aliphatic carbocycles. The van der Waals surface area contributed by atoms with Crippen molar-refractivity contribution in [1.29, 1.82) is 0 Å². The van der Waals surface area contributed by atoms with E-state index in [2.05, 4.69) is 5.32 Å². The second-order valence-electron chi connectivity index (χ2n) is 8.81. The van der Waals surface area contributed by atoms with Gasteiger partial charge in [0.1, 0.15) is 11.4 Å². The van der Waals surface area contributed by atoms with Gasteiger partial charge >= 0.3 is 5.97 Å². The first-order chi connectivity index (χ1) is 16.2. The van der Waals surface area contributed by atoms with Crippen LogP contribution in [0.5, 0.6) is 0 Å². The van der Waals surface area contributed by atoms with E-state index < -0.39 is 47.0 Å². The largest absolute Gasteiger partial charge is 0.468 e. The number of esters is 1. The Hall–Kier alpha value is -2.91. The highest BCUT2D eigenvalue weighted by Crippen LogP contribution is 2.51. The van der Waals surface area contributed by atoms with Gasteiger partial charge in [0.15, 0.2) is 0 Å². The van der Waals surface area contributed by atoms with Gasteiger partial charge in [0.25, 0.3) is 0 Å². The van der Waals surface area contributed by atoms with Gasteiger partial charge in [-0.05, 0) is 60.4 Å². The normalized spacial score (nSPS) is 26.0. The zero-order valence-electron chi connectivity index (χ0n) is 19.6. The van der Waals surface area contributed by atoms with Crippen LogP contribution in [0.1, 0.15) is 18.0 Å². The van der Waals surface area contributed by atoms with E-state index >= 15 is 0 Å². The number of amides is 2. The van der Waals surface area contributed by atoms with Gasteiger partial charge in [-0.3, -0.25) is 19.7 Å². The number of ether oxygens (including phenoxy) is 1. The minimum atomic E-state index is -1.35. The van der Waals surface area contributed by atoms with E-state index in [-0.39, 0.29) is 5.69 Å². The van der Waals surface area contributed by atoms with E-state index in [1.807, 2.05) is 49.5 Å². The van der Waals surface area contributed by atoms with Crippen LogP contribution in [0.2, 0.25) is 0 Å². The van der Waals surface area contributed by atoms with Crippen molar-refractivity contribution in [1.82, 2.24) is 5.32 Å². The summed E-state index contributed by atoms with van der Waals surface area (Å²) in [5.41, 5.74) is 0.727. The van der Waals surface area contributed by atoms with Crippen LogP contribution in [0.25, 0.3) is 0 Å². The van der Waals surface area contributed by atoms with Crippen molar-refractivity contribution < 1.29 is 23.5 Å². The first kappa shape index (κ1) is 24.2. The third-order valence-corrected chi connectivity index (χ3v) is 7.37. The molecular formula is C25H28FN3O4S. The second-order valence-corrected chi connectivity index (χ2v) is 9.79. The van der Waals surface area contributed by atoms with Gasteiger partial charge in [-0.25, -0.2) is 9.29 Å². The van der Waals surface area contributed by atoms with Gasteiger partial charge < -0.3 is 9.64 Å². The molecule has 2 saturated heterocycles. The predicted molar refractivity (Wildman–Crippen MR) is 130 cm³/mol. The summed E-state index contributed by atoms with van der Waals surface area (Å²) >= 11 is 1.55. The van der Waals surface area contributed by atoms with Crippen LogP contribution in [0.4, 0.5) is 15.8 Å². The van der Waals surface area contributed by atoms with Gasteiger partial charge in [-0.1, -0.05) is 12.1 Å².